The number of imidazole rings is 1. The maximum atomic E-state index is 13.4. The maximum absolute atomic E-state index is 13.4. The van der Waals surface area contributed by atoms with Crippen molar-refractivity contribution in [2.45, 2.75) is 57.8 Å². The number of benzene rings is 1. The standard InChI is InChI=1S/C30H34ClN3O3/c1-2-37-29(36)24(13-19-5-3-6-23(31)12-19)25-17-34-26(7-4-8-27(34)33-25)28(35)32-18-30-14-20-9-21(15-30)11-22(10-20)16-30/h3-8,12,17,20-22,24H,2,9-11,13-16,18H2,1H3,(H,32,35). The van der Waals surface area contributed by atoms with E-state index in [1.807, 2.05) is 42.5 Å². The number of nitrogens with zero attached hydrogens (tertiary/aromatic N) is 2. The Morgan fingerprint density at radius 3 is 2.49 bits per heavy atom. The lowest BCUT2D eigenvalue weighted by molar-refractivity contribution is -0.145. The van der Waals surface area contributed by atoms with Crippen molar-refractivity contribution < 1.29 is 14.3 Å². The number of carbonyl (C=O) groups is 2. The number of carbonyl (C=O) groups excluding carboxylic acids is 2. The minimum Gasteiger partial charge on any atom is -0.465 e. The molecule has 0 radical (unpaired) electrons. The van der Waals surface area contributed by atoms with E-state index in [4.69, 9.17) is 21.3 Å². The molecule has 0 spiro atoms. The van der Waals surface area contributed by atoms with Crippen molar-refractivity contribution in [2.75, 3.05) is 13.2 Å². The normalized spacial score (nSPS) is 26.8. The van der Waals surface area contributed by atoms with Crippen molar-refractivity contribution in [3.05, 3.63) is 70.6 Å². The summed E-state index contributed by atoms with van der Waals surface area (Å²) in [5.74, 6) is 1.53. The average molecular weight is 520 g/mol. The molecule has 4 aliphatic carbocycles. The summed E-state index contributed by atoms with van der Waals surface area (Å²) in [6.07, 6.45) is 10.2. The van der Waals surface area contributed by atoms with Crippen molar-refractivity contribution in [3.63, 3.8) is 0 Å². The summed E-state index contributed by atoms with van der Waals surface area (Å²) in [6, 6.07) is 13.0. The molecule has 0 aliphatic heterocycles. The van der Waals surface area contributed by atoms with Crippen molar-refractivity contribution in [2.24, 2.45) is 23.2 Å². The Morgan fingerprint density at radius 1 is 1.11 bits per heavy atom. The maximum Gasteiger partial charge on any atom is 0.315 e. The number of amides is 1. The van der Waals surface area contributed by atoms with Crippen LogP contribution in [0.2, 0.25) is 5.02 Å². The molecule has 1 amide bonds. The van der Waals surface area contributed by atoms with Gasteiger partial charge in [0.2, 0.25) is 0 Å². The van der Waals surface area contributed by atoms with Crippen LogP contribution in [0.4, 0.5) is 0 Å². The molecule has 4 aliphatic rings. The van der Waals surface area contributed by atoms with Gasteiger partial charge in [0, 0.05) is 17.8 Å². The fourth-order valence-electron chi connectivity index (χ4n) is 7.70. The fraction of sp³-hybridized carbons (Fsp3) is 0.500. The number of fused-ring (bicyclic) bond motifs is 1. The summed E-state index contributed by atoms with van der Waals surface area (Å²) >= 11 is 6.18. The third-order valence-corrected chi connectivity index (χ3v) is 9.02. The molecule has 1 aromatic carbocycles. The highest BCUT2D eigenvalue weighted by molar-refractivity contribution is 6.30. The molecule has 2 heterocycles. The fourth-order valence-corrected chi connectivity index (χ4v) is 7.91. The van der Waals surface area contributed by atoms with Gasteiger partial charge in [-0.3, -0.25) is 14.0 Å². The van der Waals surface area contributed by atoms with Gasteiger partial charge in [-0.25, -0.2) is 4.98 Å². The van der Waals surface area contributed by atoms with Crippen molar-refractivity contribution in [1.82, 2.24) is 14.7 Å². The number of halogens is 1. The smallest absolute Gasteiger partial charge is 0.315 e. The predicted octanol–water partition coefficient (Wildman–Crippen LogP) is 5.82. The molecule has 1 atom stereocenters. The van der Waals surface area contributed by atoms with Crippen LogP contribution in [0.25, 0.3) is 5.65 Å². The van der Waals surface area contributed by atoms with Gasteiger partial charge >= 0.3 is 5.97 Å². The summed E-state index contributed by atoms with van der Waals surface area (Å²) in [4.78, 5) is 31.1. The molecule has 7 heteroatoms. The number of hydrogen-bond donors (Lipinski definition) is 1. The van der Waals surface area contributed by atoms with Crippen molar-refractivity contribution in [1.29, 1.82) is 0 Å². The zero-order valence-corrected chi connectivity index (χ0v) is 22.0. The van der Waals surface area contributed by atoms with Gasteiger partial charge in [-0.05, 0) is 105 Å². The first kappa shape index (κ1) is 24.5. The summed E-state index contributed by atoms with van der Waals surface area (Å²) in [5.41, 5.74) is 2.95. The third kappa shape index (κ3) is 4.88. The van der Waals surface area contributed by atoms with Crippen LogP contribution in [0.3, 0.4) is 0 Å². The lowest BCUT2D eigenvalue weighted by Crippen LogP contribution is -2.51. The topological polar surface area (TPSA) is 72.7 Å². The third-order valence-electron chi connectivity index (χ3n) is 8.79. The van der Waals surface area contributed by atoms with Gasteiger partial charge < -0.3 is 10.1 Å². The molecule has 37 heavy (non-hydrogen) atoms. The van der Waals surface area contributed by atoms with Gasteiger partial charge in [-0.2, -0.15) is 0 Å². The predicted molar refractivity (Wildman–Crippen MR) is 143 cm³/mol. The van der Waals surface area contributed by atoms with Gasteiger partial charge in [0.1, 0.15) is 17.3 Å². The van der Waals surface area contributed by atoms with Gasteiger partial charge in [-0.1, -0.05) is 29.8 Å². The Labute approximate surface area is 222 Å². The Morgan fingerprint density at radius 2 is 1.81 bits per heavy atom. The molecule has 3 aromatic rings. The van der Waals surface area contributed by atoms with E-state index < -0.39 is 5.92 Å². The van der Waals surface area contributed by atoms with Gasteiger partial charge in [0.15, 0.2) is 0 Å². The number of pyridine rings is 1. The number of ether oxygens (including phenoxy) is 1. The second-order valence-corrected chi connectivity index (χ2v) is 12.0. The molecule has 7 rings (SSSR count). The van der Waals surface area contributed by atoms with E-state index in [-0.39, 0.29) is 23.9 Å². The average Bonchev–Trinajstić information content (AvgIpc) is 3.29. The summed E-state index contributed by atoms with van der Waals surface area (Å²) in [7, 11) is 0. The second-order valence-electron chi connectivity index (χ2n) is 11.5. The first-order valence-electron chi connectivity index (χ1n) is 13.6. The highest BCUT2D eigenvalue weighted by atomic mass is 35.5. The molecule has 194 valence electrons. The van der Waals surface area contributed by atoms with Crippen LogP contribution in [0.5, 0.6) is 0 Å². The quantitative estimate of drug-likeness (QED) is 0.380. The van der Waals surface area contributed by atoms with Crippen LogP contribution in [0.15, 0.2) is 48.7 Å². The van der Waals surface area contributed by atoms with E-state index in [2.05, 4.69) is 5.32 Å². The Bertz CT molecular complexity index is 1300. The van der Waals surface area contributed by atoms with E-state index in [9.17, 15) is 9.59 Å². The Kier molecular flexibility index (Phi) is 6.47. The summed E-state index contributed by atoms with van der Waals surface area (Å²) < 4.78 is 7.19. The van der Waals surface area contributed by atoms with Gasteiger partial charge in [0.05, 0.1) is 12.3 Å². The Balaban J connectivity index is 1.24. The first-order valence-corrected chi connectivity index (χ1v) is 14.0. The van der Waals surface area contributed by atoms with E-state index in [0.717, 1.165) is 29.9 Å². The summed E-state index contributed by atoms with van der Waals surface area (Å²) in [6.45, 7) is 2.83. The van der Waals surface area contributed by atoms with E-state index in [1.165, 1.54) is 38.5 Å². The molecule has 4 fully saturated rings. The van der Waals surface area contributed by atoms with Gasteiger partial charge in [0.25, 0.3) is 5.91 Å². The van der Waals surface area contributed by atoms with Crippen LogP contribution in [-0.2, 0) is 16.0 Å². The number of rotatable bonds is 8. The highest BCUT2D eigenvalue weighted by Gasteiger charge is 2.50. The minimum atomic E-state index is -0.596. The number of nitrogens with one attached hydrogen (secondary N) is 1. The lowest BCUT2D eigenvalue weighted by atomic mass is 9.49. The molecule has 4 saturated carbocycles. The molecule has 2 aromatic heterocycles. The van der Waals surface area contributed by atoms with Gasteiger partial charge in [-0.15, -0.1) is 0 Å². The van der Waals surface area contributed by atoms with Crippen LogP contribution >= 0.6 is 11.6 Å². The molecule has 6 nitrogen and oxygen atoms in total. The Hall–Kier alpha value is -2.86. The molecule has 0 saturated heterocycles. The van der Waals surface area contributed by atoms with E-state index >= 15 is 0 Å². The minimum absolute atomic E-state index is 0.0900. The molecule has 1 N–H and O–H groups in total. The summed E-state index contributed by atoms with van der Waals surface area (Å²) in [5, 5.41) is 3.90. The van der Waals surface area contributed by atoms with Crippen molar-refractivity contribution in [3.8, 4) is 0 Å². The monoisotopic (exact) mass is 519 g/mol. The van der Waals surface area contributed by atoms with Crippen LogP contribution in [0.1, 0.15) is 73.1 Å². The van der Waals surface area contributed by atoms with E-state index in [0.29, 0.717) is 28.5 Å². The molecule has 1 unspecified atom stereocenters. The SMILES string of the molecule is CCOC(=O)C(Cc1cccc(Cl)c1)c1cn2c(C(=O)NCC34CC5CC(CC(C5)C3)C4)cccc2n1. The molecular formula is C30H34ClN3O3. The zero-order valence-electron chi connectivity index (χ0n) is 21.3. The van der Waals surface area contributed by atoms with E-state index in [1.54, 1.807) is 17.5 Å². The highest BCUT2D eigenvalue weighted by Crippen LogP contribution is 2.59. The second kappa shape index (κ2) is 9.79. The zero-order chi connectivity index (χ0) is 25.6. The first-order chi connectivity index (χ1) is 17.9. The van der Waals surface area contributed by atoms with Crippen LogP contribution in [-0.4, -0.2) is 34.4 Å². The van der Waals surface area contributed by atoms with Crippen molar-refractivity contribution >= 4 is 29.1 Å². The number of aromatic nitrogens is 2. The van der Waals surface area contributed by atoms with Crippen LogP contribution < -0.4 is 5.32 Å². The molecular weight excluding hydrogens is 486 g/mol. The van der Waals surface area contributed by atoms with Crippen LogP contribution in [0, 0.1) is 23.2 Å². The lowest BCUT2D eigenvalue weighted by Gasteiger charge is -2.56. The largest absolute Gasteiger partial charge is 0.465 e. The number of hydrogen-bond acceptors (Lipinski definition) is 4. The molecule has 4 bridgehead atoms. The number of esters is 1.